The summed E-state index contributed by atoms with van der Waals surface area (Å²) in [6.45, 7) is 5.71. The highest BCUT2D eigenvalue weighted by Crippen LogP contribution is 2.34. The molecule has 0 bridgehead atoms. The number of halogens is 4. The van der Waals surface area contributed by atoms with Crippen LogP contribution in [0.3, 0.4) is 0 Å². The number of nitrogens with one attached hydrogen (secondary N) is 2. The van der Waals surface area contributed by atoms with Crippen LogP contribution in [0.5, 0.6) is 0 Å². The van der Waals surface area contributed by atoms with E-state index in [4.69, 9.17) is 16.0 Å². The topological polar surface area (TPSA) is 70.4 Å². The molecule has 1 fully saturated rings. The second-order valence-corrected chi connectivity index (χ2v) is 9.21. The van der Waals surface area contributed by atoms with E-state index in [1.807, 2.05) is 49.2 Å². The molecule has 2 heterocycles. The van der Waals surface area contributed by atoms with Gasteiger partial charge < -0.3 is 15.1 Å². The van der Waals surface area contributed by atoms with Crippen LogP contribution in [-0.2, 0) is 10.3 Å². The Morgan fingerprint density at radius 3 is 2.83 bits per heavy atom. The van der Waals surface area contributed by atoms with Gasteiger partial charge in [0.1, 0.15) is 6.54 Å². The lowest BCUT2D eigenvalue weighted by Gasteiger charge is -2.41. The molecule has 1 aliphatic heterocycles. The minimum absolute atomic E-state index is 0.238. The van der Waals surface area contributed by atoms with E-state index in [0.29, 0.717) is 31.2 Å². The van der Waals surface area contributed by atoms with E-state index in [9.17, 15) is 18.0 Å². The van der Waals surface area contributed by atoms with Crippen molar-refractivity contribution >= 4 is 23.1 Å². The zero-order chi connectivity index (χ0) is 22.2. The number of hydrogen-bond acceptors (Lipinski definition) is 5. The predicted octanol–water partition coefficient (Wildman–Crippen LogP) is 3.20. The molecule has 0 spiro atoms. The number of hydrogen-bond donors (Lipinski definition) is 2. The summed E-state index contributed by atoms with van der Waals surface area (Å²) in [7, 11) is 0. The molecule has 30 heavy (non-hydrogen) atoms. The van der Waals surface area contributed by atoms with Crippen molar-refractivity contribution < 1.29 is 22.4 Å². The molecule has 2 aliphatic rings. The van der Waals surface area contributed by atoms with Crippen LogP contribution in [0, 0.1) is 0 Å². The fourth-order valence-electron chi connectivity index (χ4n) is 3.46. The molecule has 1 saturated heterocycles. The Morgan fingerprint density at radius 2 is 2.20 bits per heavy atom. The zero-order valence-corrected chi connectivity index (χ0v) is 17.9. The van der Waals surface area contributed by atoms with Crippen molar-refractivity contribution in [3.05, 3.63) is 36.1 Å². The van der Waals surface area contributed by atoms with Gasteiger partial charge in [-0.25, -0.2) is 4.98 Å². The number of nitrogens with zero attached hydrogens (tertiary/aromatic N) is 2. The molecule has 10 heteroatoms. The summed E-state index contributed by atoms with van der Waals surface area (Å²) < 4.78 is 43.2. The van der Waals surface area contributed by atoms with Gasteiger partial charge in [-0.1, -0.05) is 18.2 Å². The monoisotopic (exact) mass is 446 g/mol. The van der Waals surface area contributed by atoms with Gasteiger partial charge in [0.25, 0.3) is 0 Å². The van der Waals surface area contributed by atoms with Crippen molar-refractivity contribution in [3.63, 3.8) is 0 Å². The van der Waals surface area contributed by atoms with Crippen LogP contribution in [0.1, 0.15) is 38.8 Å². The molecule has 1 amide bonds. The van der Waals surface area contributed by atoms with Crippen LogP contribution < -0.4 is 10.6 Å². The van der Waals surface area contributed by atoms with E-state index >= 15 is 0 Å². The third kappa shape index (κ3) is 5.44. The molecular formula is C20H26ClF3N4O2. The molecule has 0 radical (unpaired) electrons. The van der Waals surface area contributed by atoms with Crippen LogP contribution >= 0.6 is 11.6 Å². The zero-order valence-electron chi connectivity index (χ0n) is 17.1. The first kappa shape index (κ1) is 22.8. The van der Waals surface area contributed by atoms with E-state index in [-0.39, 0.29) is 6.54 Å². The van der Waals surface area contributed by atoms with Crippen molar-refractivity contribution in [1.29, 1.82) is 0 Å². The summed E-state index contributed by atoms with van der Waals surface area (Å²) in [6, 6.07) is -0.750. The van der Waals surface area contributed by atoms with Gasteiger partial charge >= 0.3 is 6.18 Å². The number of carbonyl (C=O) groups is 1. The lowest BCUT2D eigenvalue weighted by molar-refractivity contribution is -0.140. The summed E-state index contributed by atoms with van der Waals surface area (Å²) in [4.78, 5) is 18.2. The molecule has 0 saturated carbocycles. The van der Waals surface area contributed by atoms with Gasteiger partial charge in [0.2, 0.25) is 11.8 Å². The predicted molar refractivity (Wildman–Crippen MR) is 108 cm³/mol. The smallest absolute Gasteiger partial charge is 0.405 e. The van der Waals surface area contributed by atoms with E-state index < -0.39 is 35.1 Å². The third-order valence-electron chi connectivity index (χ3n) is 5.39. The number of amides is 1. The lowest BCUT2D eigenvalue weighted by atomic mass is 9.97. The Kier molecular flexibility index (Phi) is 6.36. The van der Waals surface area contributed by atoms with Crippen molar-refractivity contribution in [3.8, 4) is 0 Å². The Morgan fingerprint density at radius 1 is 1.47 bits per heavy atom. The van der Waals surface area contributed by atoms with Gasteiger partial charge in [-0.3, -0.25) is 9.69 Å². The first-order valence-electron chi connectivity index (χ1n) is 9.75. The van der Waals surface area contributed by atoms with Crippen molar-refractivity contribution in [1.82, 2.24) is 20.5 Å². The van der Waals surface area contributed by atoms with Gasteiger partial charge in [-0.15, -0.1) is 11.6 Å². The maximum absolute atomic E-state index is 12.4. The SMILES string of the molecule is CC1(Cl)C=CC(c2cnc(C(C)(C)N3CCN[C@H](C(=O)NCC(F)(F)F)C3)o2)=CC1. The second-order valence-electron chi connectivity index (χ2n) is 8.35. The summed E-state index contributed by atoms with van der Waals surface area (Å²) in [5.41, 5.74) is 0.246. The summed E-state index contributed by atoms with van der Waals surface area (Å²) in [5.74, 6) is 0.418. The van der Waals surface area contributed by atoms with Crippen molar-refractivity contribution in [2.45, 2.75) is 49.8 Å². The average molecular weight is 447 g/mol. The van der Waals surface area contributed by atoms with E-state index in [2.05, 4.69) is 10.3 Å². The van der Waals surface area contributed by atoms with E-state index in [1.165, 1.54) is 0 Å². The standard InChI is InChI=1S/C20H26ClF3N4O2/c1-18(2,17-26-10-15(30-17)13-4-6-19(3,21)7-5-13)28-9-8-25-14(11-28)16(29)27-12-20(22,23)24/h4-6,10,14,25H,7-9,11-12H2,1-3H3,(H,27,29)/t14-,19?/m0/s1. The number of allylic oxidation sites excluding steroid dienone is 4. The largest absolute Gasteiger partial charge is 0.439 e. The minimum Gasteiger partial charge on any atom is -0.439 e. The lowest BCUT2D eigenvalue weighted by Crippen LogP contribution is -2.61. The Hall–Kier alpha value is -1.84. The van der Waals surface area contributed by atoms with Gasteiger partial charge in [0.15, 0.2) is 5.76 Å². The molecular weight excluding hydrogens is 421 g/mol. The van der Waals surface area contributed by atoms with Crippen LogP contribution in [0.4, 0.5) is 13.2 Å². The maximum Gasteiger partial charge on any atom is 0.405 e. The Bertz CT molecular complexity index is 845. The average Bonchev–Trinajstić information content (AvgIpc) is 3.16. The number of oxazole rings is 1. The van der Waals surface area contributed by atoms with Crippen molar-refractivity contribution in [2.24, 2.45) is 0 Å². The van der Waals surface area contributed by atoms with E-state index in [0.717, 1.165) is 5.57 Å². The van der Waals surface area contributed by atoms with Gasteiger partial charge in [0, 0.05) is 25.2 Å². The van der Waals surface area contributed by atoms with E-state index in [1.54, 1.807) is 6.20 Å². The van der Waals surface area contributed by atoms with Crippen LogP contribution in [0.2, 0.25) is 0 Å². The van der Waals surface area contributed by atoms with Gasteiger partial charge in [0.05, 0.1) is 22.7 Å². The highest BCUT2D eigenvalue weighted by atomic mass is 35.5. The molecule has 3 rings (SSSR count). The van der Waals surface area contributed by atoms with Gasteiger partial charge in [-0.05, 0) is 27.2 Å². The molecule has 166 valence electrons. The fraction of sp³-hybridized carbons (Fsp3) is 0.600. The fourth-order valence-corrected chi connectivity index (χ4v) is 3.60. The maximum atomic E-state index is 12.4. The van der Waals surface area contributed by atoms with Crippen LogP contribution in [-0.4, -0.2) is 59.1 Å². The molecule has 2 atom stereocenters. The quantitative estimate of drug-likeness (QED) is 0.680. The minimum atomic E-state index is -4.44. The highest BCUT2D eigenvalue weighted by Gasteiger charge is 2.39. The Labute approximate surface area is 178 Å². The molecule has 1 aromatic heterocycles. The highest BCUT2D eigenvalue weighted by molar-refractivity contribution is 6.25. The first-order valence-corrected chi connectivity index (χ1v) is 10.1. The van der Waals surface area contributed by atoms with Crippen LogP contribution in [0.15, 0.2) is 28.8 Å². The number of piperazine rings is 1. The second kappa shape index (κ2) is 8.36. The number of carbonyl (C=O) groups excluding carboxylic acids is 1. The Balaban J connectivity index is 1.68. The molecule has 1 aromatic rings. The normalized spacial score (nSPS) is 25.8. The number of aromatic nitrogens is 1. The summed E-state index contributed by atoms with van der Waals surface area (Å²) >= 11 is 6.31. The van der Waals surface area contributed by atoms with Crippen molar-refractivity contribution in [2.75, 3.05) is 26.2 Å². The number of rotatable bonds is 5. The molecule has 1 aliphatic carbocycles. The van der Waals surface area contributed by atoms with Crippen LogP contribution in [0.25, 0.3) is 5.57 Å². The van der Waals surface area contributed by atoms with Gasteiger partial charge in [-0.2, -0.15) is 13.2 Å². The summed E-state index contributed by atoms with van der Waals surface area (Å²) in [5, 5.41) is 4.91. The molecule has 6 nitrogen and oxygen atoms in total. The molecule has 0 aromatic carbocycles. The third-order valence-corrected chi connectivity index (χ3v) is 5.67. The molecule has 1 unspecified atom stereocenters. The molecule has 2 N–H and O–H groups in total. The number of alkyl halides is 4. The summed E-state index contributed by atoms with van der Waals surface area (Å²) in [6.07, 6.45) is 3.69. The first-order chi connectivity index (χ1) is 13.9.